The third kappa shape index (κ3) is 4.61. The highest BCUT2D eigenvalue weighted by Crippen LogP contribution is 2.28. The number of aliphatic hydroxyl groups excluding tert-OH is 4. The van der Waals surface area contributed by atoms with Crippen molar-refractivity contribution in [2.45, 2.75) is 30.7 Å². The Kier molecular flexibility index (Phi) is 6.18. The predicted octanol–water partition coefficient (Wildman–Crippen LogP) is 0.447. The highest BCUT2D eigenvalue weighted by atomic mass is 16.7. The van der Waals surface area contributed by atoms with Gasteiger partial charge in [-0.25, -0.2) is 0 Å². The lowest BCUT2D eigenvalue weighted by Gasteiger charge is -2.39. The molecule has 2 aromatic carbocycles. The molecule has 0 aliphatic carbocycles. The van der Waals surface area contributed by atoms with Crippen LogP contribution < -0.4 is 4.74 Å². The van der Waals surface area contributed by atoms with Crippen LogP contribution in [0.5, 0.6) is 17.2 Å². The van der Waals surface area contributed by atoms with Gasteiger partial charge in [0.05, 0.1) is 6.61 Å². The SMILES string of the molecule is OC[C@H]1O[C@H](Oc2cc(O)cc(/C=C\c3ccc(O)cc3)c2)[C@@H](O)[C@@H](O)[C@@H]1O. The molecule has 1 saturated heterocycles. The van der Waals surface area contributed by atoms with E-state index in [1.54, 1.807) is 42.5 Å². The largest absolute Gasteiger partial charge is 0.508 e. The van der Waals surface area contributed by atoms with Crippen LogP contribution in [0.3, 0.4) is 0 Å². The number of benzene rings is 2. The Hall–Kier alpha value is -2.62. The standard InChI is InChI=1S/C20H22O8/c21-10-16-17(24)18(25)19(26)20(28-16)27-15-8-12(7-14(23)9-15)2-1-11-3-5-13(22)6-4-11/h1-9,16-26H,10H2/b2-1-/t16-,17-,18+,19+,20+/m1/s1. The van der Waals surface area contributed by atoms with Crippen LogP contribution in [0.25, 0.3) is 12.2 Å². The van der Waals surface area contributed by atoms with Gasteiger partial charge in [-0.15, -0.1) is 0 Å². The molecule has 6 N–H and O–H groups in total. The zero-order valence-corrected chi connectivity index (χ0v) is 14.8. The maximum Gasteiger partial charge on any atom is 0.229 e. The molecule has 0 radical (unpaired) electrons. The average Bonchev–Trinajstić information content (AvgIpc) is 2.67. The third-order valence-electron chi connectivity index (χ3n) is 4.38. The number of aliphatic hydroxyl groups is 4. The Balaban J connectivity index is 1.76. The van der Waals surface area contributed by atoms with Crippen molar-refractivity contribution in [3.63, 3.8) is 0 Å². The Labute approximate surface area is 161 Å². The smallest absolute Gasteiger partial charge is 0.229 e. The normalized spacial score (nSPS) is 27.8. The molecular formula is C20H22O8. The summed E-state index contributed by atoms with van der Waals surface area (Å²) in [5, 5.41) is 58.2. The second-order valence-corrected chi connectivity index (χ2v) is 6.50. The molecule has 0 unspecified atom stereocenters. The molecule has 8 nitrogen and oxygen atoms in total. The summed E-state index contributed by atoms with van der Waals surface area (Å²) in [6, 6.07) is 10.9. The van der Waals surface area contributed by atoms with E-state index in [-0.39, 0.29) is 17.2 Å². The number of aromatic hydroxyl groups is 2. The van der Waals surface area contributed by atoms with Gasteiger partial charge in [-0.05, 0) is 35.4 Å². The summed E-state index contributed by atoms with van der Waals surface area (Å²) in [6.07, 6.45) is -3.52. The first-order chi connectivity index (χ1) is 13.4. The van der Waals surface area contributed by atoms with E-state index in [4.69, 9.17) is 9.47 Å². The van der Waals surface area contributed by atoms with Crippen molar-refractivity contribution in [2.75, 3.05) is 6.61 Å². The summed E-state index contributed by atoms with van der Waals surface area (Å²) in [6.45, 7) is -0.564. The van der Waals surface area contributed by atoms with Gasteiger partial charge >= 0.3 is 0 Å². The molecule has 2 aromatic rings. The molecule has 0 aromatic heterocycles. The molecule has 1 aliphatic rings. The first-order valence-electron chi connectivity index (χ1n) is 8.65. The number of phenolic OH excluding ortho intramolecular Hbond substituents is 2. The lowest BCUT2D eigenvalue weighted by atomic mass is 9.99. The van der Waals surface area contributed by atoms with Crippen LogP contribution in [0.4, 0.5) is 0 Å². The molecule has 8 heteroatoms. The van der Waals surface area contributed by atoms with Gasteiger partial charge in [0.25, 0.3) is 0 Å². The fraction of sp³-hybridized carbons (Fsp3) is 0.300. The number of rotatable bonds is 5. The van der Waals surface area contributed by atoms with Crippen LogP contribution in [0.15, 0.2) is 42.5 Å². The number of ether oxygens (including phenoxy) is 2. The topological polar surface area (TPSA) is 140 Å². The fourth-order valence-corrected chi connectivity index (χ4v) is 2.85. The van der Waals surface area contributed by atoms with Crippen molar-refractivity contribution < 1.29 is 40.1 Å². The van der Waals surface area contributed by atoms with Gasteiger partial charge < -0.3 is 40.1 Å². The van der Waals surface area contributed by atoms with Gasteiger partial charge in [-0.2, -0.15) is 0 Å². The van der Waals surface area contributed by atoms with E-state index in [0.29, 0.717) is 5.56 Å². The van der Waals surface area contributed by atoms with Gasteiger partial charge in [0.15, 0.2) is 0 Å². The summed E-state index contributed by atoms with van der Waals surface area (Å²) in [4.78, 5) is 0. The zero-order valence-electron chi connectivity index (χ0n) is 14.8. The maximum absolute atomic E-state index is 10.1. The van der Waals surface area contributed by atoms with Crippen molar-refractivity contribution in [1.29, 1.82) is 0 Å². The summed E-state index contributed by atoms with van der Waals surface area (Å²) in [5.41, 5.74) is 1.42. The van der Waals surface area contributed by atoms with Gasteiger partial charge in [-0.1, -0.05) is 24.3 Å². The van der Waals surface area contributed by atoms with E-state index < -0.39 is 37.3 Å². The van der Waals surface area contributed by atoms with E-state index in [0.717, 1.165) is 5.56 Å². The minimum atomic E-state index is -1.55. The molecule has 0 saturated carbocycles. The number of phenols is 2. The van der Waals surface area contributed by atoms with Crippen LogP contribution in [-0.2, 0) is 4.74 Å². The Morgan fingerprint density at radius 2 is 1.50 bits per heavy atom. The first-order valence-corrected chi connectivity index (χ1v) is 8.65. The molecule has 3 rings (SSSR count). The number of hydrogen-bond donors (Lipinski definition) is 6. The Bertz CT molecular complexity index is 817. The van der Waals surface area contributed by atoms with Crippen molar-refractivity contribution in [3.8, 4) is 17.2 Å². The van der Waals surface area contributed by atoms with Crippen LogP contribution in [0.1, 0.15) is 11.1 Å². The molecule has 28 heavy (non-hydrogen) atoms. The van der Waals surface area contributed by atoms with E-state index in [1.807, 2.05) is 0 Å². The van der Waals surface area contributed by atoms with Crippen molar-refractivity contribution in [2.24, 2.45) is 0 Å². The van der Waals surface area contributed by atoms with Crippen molar-refractivity contribution in [1.82, 2.24) is 0 Å². The summed E-state index contributed by atoms with van der Waals surface area (Å²) in [7, 11) is 0. The predicted molar refractivity (Wildman–Crippen MR) is 99.5 cm³/mol. The van der Waals surface area contributed by atoms with Crippen LogP contribution >= 0.6 is 0 Å². The van der Waals surface area contributed by atoms with Crippen LogP contribution in [-0.4, -0.2) is 68.0 Å². The Morgan fingerprint density at radius 3 is 2.18 bits per heavy atom. The molecule has 1 heterocycles. The second-order valence-electron chi connectivity index (χ2n) is 6.50. The number of hydrogen-bond acceptors (Lipinski definition) is 8. The van der Waals surface area contributed by atoms with Gasteiger partial charge in [-0.3, -0.25) is 0 Å². The van der Waals surface area contributed by atoms with E-state index in [2.05, 4.69) is 0 Å². The molecule has 0 bridgehead atoms. The van der Waals surface area contributed by atoms with E-state index in [9.17, 15) is 30.6 Å². The van der Waals surface area contributed by atoms with Crippen molar-refractivity contribution >= 4 is 12.2 Å². The highest BCUT2D eigenvalue weighted by Gasteiger charge is 2.44. The maximum atomic E-state index is 10.1. The van der Waals surface area contributed by atoms with E-state index >= 15 is 0 Å². The average molecular weight is 390 g/mol. The minimum Gasteiger partial charge on any atom is -0.508 e. The Morgan fingerprint density at radius 1 is 0.821 bits per heavy atom. The summed E-state index contributed by atoms with van der Waals surface area (Å²) >= 11 is 0. The molecule has 1 fully saturated rings. The third-order valence-corrected chi connectivity index (χ3v) is 4.38. The molecular weight excluding hydrogens is 368 g/mol. The molecule has 1 aliphatic heterocycles. The molecule has 150 valence electrons. The monoisotopic (exact) mass is 390 g/mol. The minimum absolute atomic E-state index is 0.0903. The van der Waals surface area contributed by atoms with Gasteiger partial charge in [0.2, 0.25) is 6.29 Å². The quantitative estimate of drug-likeness (QED) is 0.405. The fourth-order valence-electron chi connectivity index (χ4n) is 2.85. The van der Waals surface area contributed by atoms with Gasteiger partial charge in [0, 0.05) is 6.07 Å². The zero-order chi connectivity index (χ0) is 20.3. The lowest BCUT2D eigenvalue weighted by molar-refractivity contribution is -0.277. The van der Waals surface area contributed by atoms with Crippen LogP contribution in [0.2, 0.25) is 0 Å². The molecule has 5 atom stereocenters. The first kappa shape index (κ1) is 20.1. The summed E-state index contributed by atoms with van der Waals surface area (Å²) < 4.78 is 10.8. The lowest BCUT2D eigenvalue weighted by Crippen LogP contribution is -2.60. The second kappa shape index (κ2) is 8.59. The van der Waals surface area contributed by atoms with Crippen molar-refractivity contribution in [3.05, 3.63) is 53.6 Å². The van der Waals surface area contributed by atoms with Crippen LogP contribution in [0, 0.1) is 0 Å². The van der Waals surface area contributed by atoms with E-state index in [1.165, 1.54) is 12.1 Å². The summed E-state index contributed by atoms with van der Waals surface area (Å²) in [5.74, 6) is 0.229. The highest BCUT2D eigenvalue weighted by molar-refractivity contribution is 5.71. The van der Waals surface area contributed by atoms with Gasteiger partial charge in [0.1, 0.15) is 41.7 Å². The molecule has 0 amide bonds. The molecule has 0 spiro atoms.